The van der Waals surface area contributed by atoms with Gasteiger partial charge >= 0.3 is 0 Å². The molecule has 1 aromatic carbocycles. The Kier molecular flexibility index (Phi) is 6.33. The van der Waals surface area contributed by atoms with Gasteiger partial charge in [-0.3, -0.25) is 23.6 Å². The zero-order valence-electron chi connectivity index (χ0n) is 20.9. The Hall–Kier alpha value is -3.98. The van der Waals surface area contributed by atoms with Crippen molar-refractivity contribution < 1.29 is 9.59 Å². The summed E-state index contributed by atoms with van der Waals surface area (Å²) in [6.07, 6.45) is 5.22. The summed E-state index contributed by atoms with van der Waals surface area (Å²) in [5.41, 5.74) is 2.27. The van der Waals surface area contributed by atoms with Crippen molar-refractivity contribution in [1.82, 2.24) is 29.5 Å². The molecule has 10 heteroatoms. The van der Waals surface area contributed by atoms with Crippen LogP contribution in [0.5, 0.6) is 0 Å². The predicted molar refractivity (Wildman–Crippen MR) is 141 cm³/mol. The third-order valence-corrected chi connectivity index (χ3v) is 6.71. The van der Waals surface area contributed by atoms with Gasteiger partial charge in [-0.25, -0.2) is 4.98 Å². The van der Waals surface area contributed by atoms with Gasteiger partial charge in [-0.15, -0.1) is 0 Å². The summed E-state index contributed by atoms with van der Waals surface area (Å²) in [7, 11) is 1.82. The van der Waals surface area contributed by atoms with E-state index >= 15 is 0 Å². The number of pyridine rings is 2. The lowest BCUT2D eigenvalue weighted by Crippen LogP contribution is -2.56. The van der Waals surface area contributed by atoms with E-state index in [1.165, 1.54) is 10.6 Å². The van der Waals surface area contributed by atoms with Crippen molar-refractivity contribution in [1.29, 1.82) is 0 Å². The minimum absolute atomic E-state index is 0.0525. The molecule has 1 N–H and O–H groups in total. The van der Waals surface area contributed by atoms with Crippen LogP contribution in [0.1, 0.15) is 29.8 Å². The van der Waals surface area contributed by atoms with Crippen LogP contribution in [0.15, 0.2) is 59.8 Å². The molecule has 0 spiro atoms. The fourth-order valence-electron chi connectivity index (χ4n) is 4.58. The van der Waals surface area contributed by atoms with Gasteiger partial charge in [0.2, 0.25) is 5.91 Å². The van der Waals surface area contributed by atoms with Gasteiger partial charge < -0.3 is 10.2 Å². The van der Waals surface area contributed by atoms with E-state index in [0.29, 0.717) is 29.1 Å². The van der Waals surface area contributed by atoms with E-state index < -0.39 is 11.5 Å². The number of fused-ring (bicyclic) bond motifs is 1. The van der Waals surface area contributed by atoms with Crippen LogP contribution in [0.3, 0.4) is 0 Å². The van der Waals surface area contributed by atoms with Gasteiger partial charge in [0.05, 0.1) is 6.20 Å². The van der Waals surface area contributed by atoms with Crippen molar-refractivity contribution in [2.75, 3.05) is 13.1 Å². The molecule has 0 aliphatic carbocycles. The number of aryl methyl sites for hydroxylation is 1. The average molecular weight is 519 g/mol. The lowest BCUT2D eigenvalue weighted by atomic mass is 9.84. The fraction of sp³-hybridized carbons (Fsp3) is 0.296. The second-order valence-electron chi connectivity index (χ2n) is 10.2. The molecule has 1 saturated heterocycles. The number of carbonyl (C=O) groups is 2. The maximum Gasteiger partial charge on any atom is 0.265 e. The number of aromatic nitrogens is 4. The first-order chi connectivity index (χ1) is 17.6. The van der Waals surface area contributed by atoms with E-state index in [-0.39, 0.29) is 30.0 Å². The van der Waals surface area contributed by atoms with Gasteiger partial charge in [-0.05, 0) is 35.2 Å². The molecule has 3 aromatic heterocycles. The summed E-state index contributed by atoms with van der Waals surface area (Å²) < 4.78 is 2.98. The van der Waals surface area contributed by atoms with E-state index in [2.05, 4.69) is 29.2 Å². The highest BCUT2D eigenvalue weighted by Gasteiger charge is 2.37. The molecular weight excluding hydrogens is 492 g/mol. The van der Waals surface area contributed by atoms with Crippen LogP contribution in [-0.4, -0.2) is 49.1 Å². The first-order valence-electron chi connectivity index (χ1n) is 11.9. The van der Waals surface area contributed by atoms with Crippen LogP contribution in [0, 0.1) is 5.41 Å². The Morgan fingerprint density at radius 2 is 1.81 bits per heavy atom. The second kappa shape index (κ2) is 9.48. The van der Waals surface area contributed by atoms with Gasteiger partial charge in [-0.2, -0.15) is 5.10 Å². The molecule has 0 bridgehead atoms. The van der Waals surface area contributed by atoms with E-state index in [4.69, 9.17) is 11.6 Å². The Labute approximate surface area is 218 Å². The summed E-state index contributed by atoms with van der Waals surface area (Å²) in [5.74, 6) is -0.709. The van der Waals surface area contributed by atoms with Crippen LogP contribution in [-0.2, 0) is 24.9 Å². The number of rotatable bonds is 6. The molecule has 190 valence electrons. The van der Waals surface area contributed by atoms with Crippen molar-refractivity contribution in [2.45, 2.75) is 26.9 Å². The number of halogens is 1. The number of hydrogen-bond acceptors (Lipinski definition) is 5. The van der Waals surface area contributed by atoms with Crippen molar-refractivity contribution in [2.24, 2.45) is 12.5 Å². The van der Waals surface area contributed by atoms with E-state index in [9.17, 15) is 14.4 Å². The minimum Gasteiger partial charge on any atom is -0.348 e. The summed E-state index contributed by atoms with van der Waals surface area (Å²) in [6.45, 7) is 5.46. The van der Waals surface area contributed by atoms with Gasteiger partial charge in [0.25, 0.3) is 11.5 Å². The Morgan fingerprint density at radius 1 is 1.08 bits per heavy atom. The van der Waals surface area contributed by atoms with Gasteiger partial charge in [0.1, 0.15) is 17.8 Å². The number of benzene rings is 1. The molecule has 4 heterocycles. The number of amides is 2. The maximum absolute atomic E-state index is 13.5. The third-order valence-electron chi connectivity index (χ3n) is 6.46. The lowest BCUT2D eigenvalue weighted by molar-refractivity contribution is -0.142. The normalized spacial score (nSPS) is 14.4. The zero-order valence-corrected chi connectivity index (χ0v) is 21.6. The first kappa shape index (κ1) is 24.7. The number of likely N-dealkylation sites (tertiary alicyclic amines) is 1. The first-order valence-corrected chi connectivity index (χ1v) is 12.3. The highest BCUT2D eigenvalue weighted by molar-refractivity contribution is 6.30. The highest BCUT2D eigenvalue weighted by Crippen LogP contribution is 2.29. The molecule has 1 aliphatic rings. The van der Waals surface area contributed by atoms with Crippen molar-refractivity contribution in [3.05, 3.63) is 81.5 Å². The molecule has 1 fully saturated rings. The summed E-state index contributed by atoms with van der Waals surface area (Å²) >= 11 is 5.94. The molecule has 1 aliphatic heterocycles. The minimum atomic E-state index is -0.559. The average Bonchev–Trinajstić information content (AvgIpc) is 3.29. The number of hydrogen-bond donors (Lipinski definition) is 1. The van der Waals surface area contributed by atoms with Crippen LogP contribution in [0.25, 0.3) is 22.2 Å². The van der Waals surface area contributed by atoms with Gasteiger partial charge in [-0.1, -0.05) is 37.6 Å². The smallest absolute Gasteiger partial charge is 0.265 e. The van der Waals surface area contributed by atoms with E-state index in [0.717, 1.165) is 16.7 Å². The van der Waals surface area contributed by atoms with Crippen LogP contribution < -0.4 is 10.9 Å². The third kappa shape index (κ3) is 5.13. The molecular formula is C27H27ClN6O3. The largest absolute Gasteiger partial charge is 0.348 e. The quantitative estimate of drug-likeness (QED) is 0.422. The molecule has 9 nitrogen and oxygen atoms in total. The zero-order chi connectivity index (χ0) is 26.3. The molecule has 0 atom stereocenters. The molecule has 0 unspecified atom stereocenters. The standard InChI is InChI=1S/C27H27ClN6O3/c1-27(2)15-33(16-27)23(35)14-34-24-18(8-19(11-29-24)20-12-31-32(3)13-20)9-22(26(34)37)25(36)30-10-17-4-6-21(28)7-5-17/h4-9,11-13H,10,14-16H2,1-3H3,(H,30,36). The molecule has 4 aromatic rings. The number of nitrogens with zero attached hydrogens (tertiary/aromatic N) is 5. The van der Waals surface area contributed by atoms with Crippen molar-refractivity contribution >= 4 is 34.4 Å². The maximum atomic E-state index is 13.5. The molecule has 0 saturated carbocycles. The predicted octanol–water partition coefficient (Wildman–Crippen LogP) is 3.25. The van der Waals surface area contributed by atoms with Crippen LogP contribution in [0.2, 0.25) is 5.02 Å². The van der Waals surface area contributed by atoms with Crippen molar-refractivity contribution in [3.8, 4) is 11.1 Å². The summed E-state index contributed by atoms with van der Waals surface area (Å²) in [6, 6.07) is 10.5. The Bertz CT molecular complexity index is 1560. The SMILES string of the molecule is Cn1cc(-c2cnc3c(c2)cc(C(=O)NCc2ccc(Cl)cc2)c(=O)n3CC(=O)N2CC(C)(C)C2)cn1. The van der Waals surface area contributed by atoms with Gasteiger partial charge in [0, 0.05) is 60.6 Å². The summed E-state index contributed by atoms with van der Waals surface area (Å²) in [4.78, 5) is 45.9. The molecule has 5 rings (SSSR count). The molecule has 0 radical (unpaired) electrons. The molecule has 37 heavy (non-hydrogen) atoms. The fourth-order valence-corrected chi connectivity index (χ4v) is 4.71. The number of carbonyl (C=O) groups excluding carboxylic acids is 2. The van der Waals surface area contributed by atoms with E-state index in [1.54, 1.807) is 46.2 Å². The topological polar surface area (TPSA) is 102 Å². The lowest BCUT2D eigenvalue weighted by Gasteiger charge is -2.45. The van der Waals surface area contributed by atoms with E-state index in [1.807, 2.05) is 19.3 Å². The molecule has 2 amide bonds. The van der Waals surface area contributed by atoms with Crippen molar-refractivity contribution in [3.63, 3.8) is 0 Å². The second-order valence-corrected chi connectivity index (χ2v) is 10.6. The Morgan fingerprint density at radius 3 is 2.46 bits per heavy atom. The number of nitrogens with one attached hydrogen (secondary N) is 1. The van der Waals surface area contributed by atoms with Crippen LogP contribution in [0.4, 0.5) is 0 Å². The van der Waals surface area contributed by atoms with Crippen LogP contribution >= 0.6 is 11.6 Å². The van der Waals surface area contributed by atoms with Gasteiger partial charge in [0.15, 0.2) is 0 Å². The monoisotopic (exact) mass is 518 g/mol. The highest BCUT2D eigenvalue weighted by atomic mass is 35.5. The Balaban J connectivity index is 1.51. The summed E-state index contributed by atoms with van der Waals surface area (Å²) in [5, 5.41) is 8.18.